The van der Waals surface area contributed by atoms with E-state index < -0.39 is 18.0 Å². The topological polar surface area (TPSA) is 102 Å². The highest BCUT2D eigenvalue weighted by molar-refractivity contribution is 5.84. The lowest BCUT2D eigenvalue weighted by atomic mass is 10.1. The van der Waals surface area contributed by atoms with Gasteiger partial charge in [0.05, 0.1) is 13.0 Å². The molecule has 0 aliphatic rings. The van der Waals surface area contributed by atoms with Crippen LogP contribution in [0.1, 0.15) is 18.9 Å². The Morgan fingerprint density at radius 1 is 1.47 bits per heavy atom. The Bertz CT molecular complexity index is 474. The normalized spacial score (nSPS) is 11.7. The summed E-state index contributed by atoms with van der Waals surface area (Å²) < 4.78 is 4.84. The highest BCUT2D eigenvalue weighted by Gasteiger charge is 2.22. The number of carboxylic acids is 1. The van der Waals surface area contributed by atoms with Gasteiger partial charge in [0, 0.05) is 11.4 Å². The number of carboxylic acid groups (broad SMARTS) is 1. The number of nitrogens with one attached hydrogen (secondary N) is 1. The molecule has 0 aliphatic heterocycles. The maximum Gasteiger partial charge on any atom is 0.329 e. The molecule has 0 bridgehead atoms. The third-order valence-corrected chi connectivity index (χ3v) is 2.56. The summed E-state index contributed by atoms with van der Waals surface area (Å²) in [5.74, 6) is -1.66. The molecule has 0 saturated carbocycles. The molecule has 0 radical (unpaired) electrons. The number of hydrogen-bond donors (Lipinski definition) is 3. The van der Waals surface area contributed by atoms with Crippen molar-refractivity contribution in [3.05, 3.63) is 23.8 Å². The first-order valence-electron chi connectivity index (χ1n) is 5.95. The molecule has 1 aromatic rings. The van der Waals surface area contributed by atoms with Crippen LogP contribution in [0.25, 0.3) is 0 Å². The number of anilines is 2. The van der Waals surface area contributed by atoms with Gasteiger partial charge < -0.3 is 20.9 Å². The Kier molecular flexibility index (Phi) is 5.17. The molecule has 0 aromatic heterocycles. The van der Waals surface area contributed by atoms with Crippen LogP contribution in [0.15, 0.2) is 18.2 Å². The maximum atomic E-state index is 11.7. The van der Waals surface area contributed by atoms with Crippen LogP contribution >= 0.6 is 0 Å². The van der Waals surface area contributed by atoms with Crippen molar-refractivity contribution in [2.75, 3.05) is 17.7 Å². The number of carbonyl (C=O) groups excluding carboxylic acids is 1. The Morgan fingerprint density at radius 3 is 2.68 bits per heavy atom. The third kappa shape index (κ3) is 4.50. The summed E-state index contributed by atoms with van der Waals surface area (Å²) in [6, 6.07) is 4.22. The molecule has 1 atom stereocenters. The molecule has 6 heteroatoms. The number of aryl methyl sites for hydroxylation is 1. The molecule has 1 rings (SSSR count). The van der Waals surface area contributed by atoms with E-state index in [0.717, 1.165) is 5.56 Å². The van der Waals surface area contributed by atoms with Gasteiger partial charge in [-0.2, -0.15) is 0 Å². The third-order valence-electron chi connectivity index (χ3n) is 2.56. The van der Waals surface area contributed by atoms with Gasteiger partial charge in [0.25, 0.3) is 0 Å². The minimum absolute atomic E-state index is 0.206. The van der Waals surface area contributed by atoms with Gasteiger partial charge in [0.15, 0.2) is 0 Å². The smallest absolute Gasteiger partial charge is 0.329 e. The van der Waals surface area contributed by atoms with Crippen LogP contribution in [0.5, 0.6) is 0 Å². The van der Waals surface area contributed by atoms with Crippen LogP contribution in [0.2, 0.25) is 0 Å². The molecule has 4 N–H and O–H groups in total. The minimum atomic E-state index is -1.07. The molecule has 0 aliphatic carbocycles. The summed E-state index contributed by atoms with van der Waals surface area (Å²) in [7, 11) is 0. The van der Waals surface area contributed by atoms with Crippen molar-refractivity contribution in [1.29, 1.82) is 0 Å². The lowest BCUT2D eigenvalue weighted by Gasteiger charge is -2.17. The number of ether oxygens (including phenoxy) is 1. The molecule has 0 amide bonds. The van der Waals surface area contributed by atoms with Crippen LogP contribution in [-0.2, 0) is 14.3 Å². The number of nitrogen functional groups attached to an aromatic ring is 1. The number of aliphatic carboxylic acids is 1. The van der Waals surface area contributed by atoms with Crippen LogP contribution in [0, 0.1) is 6.92 Å². The fraction of sp³-hybridized carbons (Fsp3) is 0.385. The lowest BCUT2D eigenvalue weighted by Crippen LogP contribution is -2.33. The predicted octanol–water partition coefficient (Wildman–Crippen LogP) is 1.40. The van der Waals surface area contributed by atoms with Gasteiger partial charge in [0.1, 0.15) is 6.04 Å². The average molecular weight is 266 g/mol. The SMILES string of the molecule is CCOC(=O)C(CC(=O)O)Nc1ccc(N)c(C)c1. The van der Waals surface area contributed by atoms with E-state index in [9.17, 15) is 9.59 Å². The van der Waals surface area contributed by atoms with Crippen molar-refractivity contribution in [2.45, 2.75) is 26.3 Å². The molecule has 0 spiro atoms. The second-order valence-electron chi connectivity index (χ2n) is 4.12. The van der Waals surface area contributed by atoms with Crippen molar-refractivity contribution in [3.8, 4) is 0 Å². The van der Waals surface area contributed by atoms with E-state index in [2.05, 4.69) is 5.32 Å². The predicted molar refractivity (Wildman–Crippen MR) is 71.9 cm³/mol. The monoisotopic (exact) mass is 266 g/mol. The number of benzene rings is 1. The summed E-state index contributed by atoms with van der Waals surface area (Å²) in [5, 5.41) is 11.7. The quantitative estimate of drug-likeness (QED) is 0.531. The van der Waals surface area contributed by atoms with E-state index in [1.54, 1.807) is 25.1 Å². The van der Waals surface area contributed by atoms with E-state index in [-0.39, 0.29) is 13.0 Å². The molecule has 0 fully saturated rings. The van der Waals surface area contributed by atoms with Gasteiger partial charge in [-0.1, -0.05) is 0 Å². The van der Waals surface area contributed by atoms with Crippen LogP contribution in [0.3, 0.4) is 0 Å². The molecule has 1 aromatic carbocycles. The average Bonchev–Trinajstić information content (AvgIpc) is 2.33. The zero-order valence-corrected chi connectivity index (χ0v) is 11.0. The van der Waals surface area contributed by atoms with Crippen LogP contribution in [0.4, 0.5) is 11.4 Å². The first-order valence-corrected chi connectivity index (χ1v) is 5.95. The van der Waals surface area contributed by atoms with Gasteiger partial charge in [-0.3, -0.25) is 4.79 Å². The van der Waals surface area contributed by atoms with E-state index in [4.69, 9.17) is 15.6 Å². The highest BCUT2D eigenvalue weighted by atomic mass is 16.5. The molecule has 104 valence electrons. The Hall–Kier alpha value is -2.24. The molecular formula is C13H18N2O4. The minimum Gasteiger partial charge on any atom is -0.481 e. The van der Waals surface area contributed by atoms with E-state index in [1.807, 2.05) is 6.92 Å². The summed E-state index contributed by atoms with van der Waals surface area (Å²) in [5.41, 5.74) is 7.81. The number of hydrogen-bond acceptors (Lipinski definition) is 5. The molecular weight excluding hydrogens is 248 g/mol. The summed E-state index contributed by atoms with van der Waals surface area (Å²) in [6.45, 7) is 3.71. The lowest BCUT2D eigenvalue weighted by molar-refractivity contribution is -0.148. The van der Waals surface area contributed by atoms with E-state index >= 15 is 0 Å². The van der Waals surface area contributed by atoms with Gasteiger partial charge in [-0.15, -0.1) is 0 Å². The summed E-state index contributed by atoms with van der Waals surface area (Å²) >= 11 is 0. The fourth-order valence-electron chi connectivity index (χ4n) is 1.58. The van der Waals surface area contributed by atoms with Gasteiger partial charge in [0.2, 0.25) is 0 Å². The van der Waals surface area contributed by atoms with Gasteiger partial charge in [-0.25, -0.2) is 4.79 Å². The molecule has 0 heterocycles. The molecule has 0 saturated heterocycles. The Balaban J connectivity index is 2.83. The largest absolute Gasteiger partial charge is 0.481 e. The number of nitrogens with two attached hydrogens (primary N) is 1. The standard InChI is InChI=1S/C13H18N2O4/c1-3-19-13(18)11(7-12(16)17)15-9-4-5-10(14)8(2)6-9/h4-6,11,15H,3,7,14H2,1-2H3,(H,16,17). The number of rotatable bonds is 6. The zero-order chi connectivity index (χ0) is 14.4. The van der Waals surface area contributed by atoms with E-state index in [1.165, 1.54) is 0 Å². The van der Waals surface area contributed by atoms with Crippen molar-refractivity contribution in [2.24, 2.45) is 0 Å². The second kappa shape index (κ2) is 6.63. The van der Waals surface area contributed by atoms with Crippen molar-refractivity contribution >= 4 is 23.3 Å². The van der Waals surface area contributed by atoms with Gasteiger partial charge >= 0.3 is 11.9 Å². The van der Waals surface area contributed by atoms with Gasteiger partial charge in [-0.05, 0) is 37.6 Å². The Morgan fingerprint density at radius 2 is 2.16 bits per heavy atom. The Labute approximate surface area is 111 Å². The number of carbonyl (C=O) groups is 2. The fourth-order valence-corrected chi connectivity index (χ4v) is 1.58. The van der Waals surface area contributed by atoms with Crippen molar-refractivity contribution < 1.29 is 19.4 Å². The second-order valence-corrected chi connectivity index (χ2v) is 4.12. The first kappa shape index (κ1) is 14.8. The summed E-state index contributed by atoms with van der Waals surface area (Å²) in [4.78, 5) is 22.4. The van der Waals surface area contributed by atoms with Crippen molar-refractivity contribution in [3.63, 3.8) is 0 Å². The van der Waals surface area contributed by atoms with E-state index in [0.29, 0.717) is 11.4 Å². The van der Waals surface area contributed by atoms with Crippen LogP contribution in [-0.4, -0.2) is 29.7 Å². The van der Waals surface area contributed by atoms with Crippen molar-refractivity contribution in [1.82, 2.24) is 0 Å². The molecule has 19 heavy (non-hydrogen) atoms. The molecule has 6 nitrogen and oxygen atoms in total. The zero-order valence-electron chi connectivity index (χ0n) is 11.0. The molecule has 1 unspecified atom stereocenters. The highest BCUT2D eigenvalue weighted by Crippen LogP contribution is 2.18. The van der Waals surface area contributed by atoms with Crippen LogP contribution < -0.4 is 11.1 Å². The summed E-state index contributed by atoms with van der Waals surface area (Å²) in [6.07, 6.45) is -0.345. The maximum absolute atomic E-state index is 11.7. The number of esters is 1. The first-order chi connectivity index (χ1) is 8.93.